The molecule has 0 heterocycles. The molecule has 102 valence electrons. The molecule has 0 radical (unpaired) electrons. The molecule has 6 N–H and O–H groups in total. The van der Waals surface area contributed by atoms with Crippen LogP contribution >= 0.6 is 0 Å². The fourth-order valence-electron chi connectivity index (χ4n) is 0.890. The number of carboxylic acids is 1. The molecular formula is C6H12O10S. The van der Waals surface area contributed by atoms with Crippen molar-refractivity contribution >= 4 is 16.4 Å². The maximum Gasteiger partial charge on any atom is 0.398 e. The van der Waals surface area contributed by atoms with E-state index in [1.54, 1.807) is 0 Å². The van der Waals surface area contributed by atoms with Crippen LogP contribution in [0.1, 0.15) is 0 Å². The number of aliphatic hydroxyl groups is 4. The lowest BCUT2D eigenvalue weighted by atomic mass is 10.0. The molecule has 0 unspecified atom stereocenters. The van der Waals surface area contributed by atoms with Crippen LogP contribution < -0.4 is 0 Å². The number of hydrogen-bond donors (Lipinski definition) is 6. The number of carbonyl (C=O) groups is 1. The minimum Gasteiger partial charge on any atom is -0.479 e. The Kier molecular flexibility index (Phi) is 5.91. The maximum atomic E-state index is 10.5. The monoisotopic (exact) mass is 276 g/mol. The van der Waals surface area contributed by atoms with Crippen LogP contribution in [0.5, 0.6) is 0 Å². The maximum absolute atomic E-state index is 10.5. The Morgan fingerprint density at radius 1 is 1.18 bits per heavy atom. The first-order valence-corrected chi connectivity index (χ1v) is 5.50. The fraction of sp³-hybridized carbons (Fsp3) is 0.833. The molecule has 0 saturated heterocycles. The third-order valence-electron chi connectivity index (χ3n) is 1.71. The third kappa shape index (κ3) is 5.36. The zero-order valence-corrected chi connectivity index (χ0v) is 9.06. The van der Waals surface area contributed by atoms with Gasteiger partial charge in [0.1, 0.15) is 18.3 Å². The van der Waals surface area contributed by atoms with Crippen molar-refractivity contribution in [1.82, 2.24) is 0 Å². The van der Waals surface area contributed by atoms with E-state index in [9.17, 15) is 18.3 Å². The van der Waals surface area contributed by atoms with Crippen molar-refractivity contribution in [3.05, 3.63) is 0 Å². The first-order valence-electron chi connectivity index (χ1n) is 4.13. The number of carboxylic acid groups (broad SMARTS) is 1. The molecule has 0 rings (SSSR count). The molecule has 0 aromatic heterocycles. The molecule has 0 aromatic rings. The molecule has 17 heavy (non-hydrogen) atoms. The highest BCUT2D eigenvalue weighted by Crippen LogP contribution is 2.10. The van der Waals surface area contributed by atoms with E-state index in [-0.39, 0.29) is 0 Å². The Morgan fingerprint density at radius 3 is 1.94 bits per heavy atom. The largest absolute Gasteiger partial charge is 0.479 e. The molecular weight excluding hydrogens is 264 g/mol. The highest BCUT2D eigenvalue weighted by molar-refractivity contribution is 7.80. The predicted molar refractivity (Wildman–Crippen MR) is 49.2 cm³/mol. The summed E-state index contributed by atoms with van der Waals surface area (Å²) < 4.78 is 32.4. The zero-order valence-electron chi connectivity index (χ0n) is 8.24. The van der Waals surface area contributed by atoms with Gasteiger partial charge >= 0.3 is 16.4 Å². The summed E-state index contributed by atoms with van der Waals surface area (Å²) in [6, 6.07) is 0. The van der Waals surface area contributed by atoms with Crippen molar-refractivity contribution in [2.45, 2.75) is 24.4 Å². The van der Waals surface area contributed by atoms with Gasteiger partial charge in [0, 0.05) is 0 Å². The second-order valence-electron chi connectivity index (χ2n) is 3.01. The van der Waals surface area contributed by atoms with Crippen LogP contribution in [0, 0.1) is 0 Å². The van der Waals surface area contributed by atoms with Gasteiger partial charge in [0.15, 0.2) is 0 Å². The Labute approximate surface area is 95.6 Å². The van der Waals surface area contributed by atoms with E-state index in [0.717, 1.165) is 0 Å². The van der Waals surface area contributed by atoms with Crippen molar-refractivity contribution in [1.29, 1.82) is 0 Å². The number of aliphatic hydroxyl groups excluding tert-OH is 4. The standard InChI is InChI=1S/C6H12O10S/c7-1-2(8)3(9)4(10)5(6(11)12)16-17(13,14)15/h2-5,7-10H,1H2,(H,11,12)(H,13,14,15)/t2-,3-,4+,5-/m1/s1. The lowest BCUT2D eigenvalue weighted by Crippen LogP contribution is -2.50. The first kappa shape index (κ1) is 16.2. The van der Waals surface area contributed by atoms with Gasteiger partial charge in [0.05, 0.1) is 6.61 Å². The Morgan fingerprint density at radius 2 is 1.65 bits per heavy atom. The van der Waals surface area contributed by atoms with Gasteiger partial charge in [-0.1, -0.05) is 0 Å². The van der Waals surface area contributed by atoms with Gasteiger partial charge < -0.3 is 25.5 Å². The predicted octanol–water partition coefficient (Wildman–Crippen LogP) is -3.67. The lowest BCUT2D eigenvalue weighted by molar-refractivity contribution is -0.161. The minimum atomic E-state index is -5.18. The summed E-state index contributed by atoms with van der Waals surface area (Å²) in [5, 5.41) is 44.2. The topological polar surface area (TPSA) is 182 Å². The van der Waals surface area contributed by atoms with E-state index in [1.165, 1.54) is 0 Å². The van der Waals surface area contributed by atoms with Crippen LogP contribution in [0.4, 0.5) is 0 Å². The van der Waals surface area contributed by atoms with Gasteiger partial charge in [-0.05, 0) is 0 Å². The summed E-state index contributed by atoms with van der Waals surface area (Å²) in [6.07, 6.45) is -8.99. The second-order valence-corrected chi connectivity index (χ2v) is 4.06. The van der Waals surface area contributed by atoms with Gasteiger partial charge in [-0.15, -0.1) is 0 Å². The van der Waals surface area contributed by atoms with Crippen LogP contribution in [0.2, 0.25) is 0 Å². The first-order chi connectivity index (χ1) is 7.60. The zero-order chi connectivity index (χ0) is 13.8. The molecule has 4 atom stereocenters. The summed E-state index contributed by atoms with van der Waals surface area (Å²) in [5.74, 6) is -2.00. The molecule has 0 bridgehead atoms. The Bertz CT molecular complexity index is 350. The fourth-order valence-corrected chi connectivity index (χ4v) is 1.35. The van der Waals surface area contributed by atoms with E-state index >= 15 is 0 Å². The summed E-state index contributed by atoms with van der Waals surface area (Å²) >= 11 is 0. The average Bonchev–Trinajstić information content (AvgIpc) is 2.21. The normalized spacial score (nSPS) is 19.4. The van der Waals surface area contributed by atoms with Crippen LogP contribution in [0.3, 0.4) is 0 Å². The van der Waals surface area contributed by atoms with E-state index in [4.69, 9.17) is 25.0 Å². The highest BCUT2D eigenvalue weighted by Gasteiger charge is 2.39. The molecule has 0 amide bonds. The molecule has 0 aliphatic carbocycles. The minimum absolute atomic E-state index is 1.00. The second kappa shape index (κ2) is 6.20. The molecule has 0 aliphatic heterocycles. The van der Waals surface area contributed by atoms with E-state index < -0.39 is 47.4 Å². The van der Waals surface area contributed by atoms with Crippen LogP contribution in [-0.2, 0) is 19.4 Å². The van der Waals surface area contributed by atoms with Gasteiger partial charge in [0.2, 0.25) is 6.10 Å². The quantitative estimate of drug-likeness (QED) is 0.253. The van der Waals surface area contributed by atoms with Gasteiger partial charge in [-0.2, -0.15) is 8.42 Å². The average molecular weight is 276 g/mol. The van der Waals surface area contributed by atoms with Crippen molar-refractivity contribution in [3.8, 4) is 0 Å². The van der Waals surface area contributed by atoms with Crippen molar-refractivity contribution < 1.29 is 47.5 Å². The van der Waals surface area contributed by atoms with E-state index in [2.05, 4.69) is 4.18 Å². The third-order valence-corrected chi connectivity index (χ3v) is 2.16. The Hall–Kier alpha value is -0.820. The summed E-state index contributed by atoms with van der Waals surface area (Å²) in [7, 11) is -5.18. The Balaban J connectivity index is 4.89. The molecule has 11 heteroatoms. The van der Waals surface area contributed by atoms with Crippen LogP contribution in [0.25, 0.3) is 0 Å². The van der Waals surface area contributed by atoms with Crippen LogP contribution in [-0.4, -0.2) is 75.5 Å². The lowest BCUT2D eigenvalue weighted by Gasteiger charge is -2.25. The molecule has 0 saturated carbocycles. The molecule has 0 fully saturated rings. The van der Waals surface area contributed by atoms with Gasteiger partial charge in [-0.3, -0.25) is 4.55 Å². The van der Waals surface area contributed by atoms with Crippen LogP contribution in [0.15, 0.2) is 0 Å². The molecule has 0 aromatic carbocycles. The highest BCUT2D eigenvalue weighted by atomic mass is 32.3. The van der Waals surface area contributed by atoms with Gasteiger partial charge in [0.25, 0.3) is 0 Å². The SMILES string of the molecule is O=C(O)[C@H](OS(=O)(=O)O)[C@@H](O)[C@H](O)[C@H](O)CO. The summed E-state index contributed by atoms with van der Waals surface area (Å²) in [5.41, 5.74) is 0. The number of rotatable bonds is 7. The van der Waals surface area contributed by atoms with Crippen molar-refractivity contribution in [2.75, 3.05) is 6.61 Å². The van der Waals surface area contributed by atoms with Gasteiger partial charge in [-0.25, -0.2) is 8.98 Å². The van der Waals surface area contributed by atoms with Crippen molar-refractivity contribution in [2.24, 2.45) is 0 Å². The number of hydrogen-bond acceptors (Lipinski definition) is 8. The number of aliphatic carboxylic acids is 1. The van der Waals surface area contributed by atoms with Crippen molar-refractivity contribution in [3.63, 3.8) is 0 Å². The summed E-state index contributed by atoms with van der Waals surface area (Å²) in [6.45, 7) is -1.00. The molecule has 10 nitrogen and oxygen atoms in total. The molecule has 0 spiro atoms. The summed E-state index contributed by atoms with van der Waals surface area (Å²) in [4.78, 5) is 10.5. The molecule has 0 aliphatic rings. The van der Waals surface area contributed by atoms with E-state index in [1.807, 2.05) is 0 Å². The van der Waals surface area contributed by atoms with E-state index in [0.29, 0.717) is 0 Å². The smallest absolute Gasteiger partial charge is 0.398 e.